The number of aryl methyl sites for hydroxylation is 1. The van der Waals surface area contributed by atoms with Crippen LogP contribution in [-0.2, 0) is 0 Å². The topological polar surface area (TPSA) is 66.5 Å². The summed E-state index contributed by atoms with van der Waals surface area (Å²) < 4.78 is 0. The second-order valence-electron chi connectivity index (χ2n) is 3.18. The van der Waals surface area contributed by atoms with Crippen LogP contribution in [0.15, 0.2) is 18.2 Å². The zero-order chi connectivity index (χ0) is 9.84. The zero-order valence-electron chi connectivity index (χ0n) is 7.70. The van der Waals surface area contributed by atoms with Crippen LogP contribution in [0.25, 0.3) is 0 Å². The Morgan fingerprint density at radius 3 is 2.69 bits per heavy atom. The van der Waals surface area contributed by atoms with Gasteiger partial charge in [0, 0.05) is 18.2 Å². The van der Waals surface area contributed by atoms with Crippen molar-refractivity contribution < 1.29 is 10.2 Å². The third-order valence-electron chi connectivity index (χ3n) is 2.03. The molecule has 0 unspecified atom stereocenters. The van der Waals surface area contributed by atoms with E-state index in [4.69, 9.17) is 10.8 Å². The molecule has 0 aliphatic heterocycles. The number of benzene rings is 1. The number of nitrogens with two attached hydrogens (primary N) is 1. The number of phenols is 1. The van der Waals surface area contributed by atoms with Crippen molar-refractivity contribution in [2.75, 3.05) is 6.61 Å². The molecular formula is C10H15NO2. The summed E-state index contributed by atoms with van der Waals surface area (Å²) in [6.45, 7) is 1.94. The lowest BCUT2D eigenvalue weighted by Gasteiger charge is -2.12. The summed E-state index contributed by atoms with van der Waals surface area (Å²) in [4.78, 5) is 0. The minimum Gasteiger partial charge on any atom is -0.508 e. The lowest BCUT2D eigenvalue weighted by molar-refractivity contribution is 0.275. The maximum atomic E-state index is 9.53. The molecule has 0 heterocycles. The van der Waals surface area contributed by atoms with Gasteiger partial charge in [0.2, 0.25) is 0 Å². The van der Waals surface area contributed by atoms with Gasteiger partial charge < -0.3 is 15.9 Å². The van der Waals surface area contributed by atoms with Crippen LogP contribution in [0.5, 0.6) is 5.75 Å². The van der Waals surface area contributed by atoms with Gasteiger partial charge in [0.1, 0.15) is 5.75 Å². The van der Waals surface area contributed by atoms with Crippen molar-refractivity contribution in [3.8, 4) is 5.75 Å². The number of hydrogen-bond donors (Lipinski definition) is 3. The SMILES string of the molecule is Cc1ccc([C@H](N)CCO)c(O)c1. The second kappa shape index (κ2) is 4.25. The Labute approximate surface area is 77.8 Å². The first kappa shape index (κ1) is 10.0. The quantitative estimate of drug-likeness (QED) is 0.653. The molecule has 1 aromatic carbocycles. The van der Waals surface area contributed by atoms with Gasteiger partial charge in [0.15, 0.2) is 0 Å². The lowest BCUT2D eigenvalue weighted by atomic mass is 10.0. The third kappa shape index (κ3) is 2.44. The summed E-state index contributed by atoms with van der Waals surface area (Å²) in [6, 6.07) is 5.08. The Kier molecular flexibility index (Phi) is 3.28. The fourth-order valence-corrected chi connectivity index (χ4v) is 1.26. The number of hydrogen-bond acceptors (Lipinski definition) is 3. The first-order valence-electron chi connectivity index (χ1n) is 4.31. The molecule has 0 bridgehead atoms. The molecule has 1 aromatic rings. The molecule has 0 aliphatic carbocycles. The molecule has 1 atom stereocenters. The fourth-order valence-electron chi connectivity index (χ4n) is 1.26. The van der Waals surface area contributed by atoms with Crippen molar-refractivity contribution in [1.82, 2.24) is 0 Å². The van der Waals surface area contributed by atoms with Crippen LogP contribution in [0.4, 0.5) is 0 Å². The number of phenolic OH excluding ortho intramolecular Hbond substituents is 1. The summed E-state index contributed by atoms with van der Waals surface area (Å²) in [5.74, 6) is 0.209. The predicted molar refractivity (Wildman–Crippen MR) is 51.5 cm³/mol. The molecule has 0 aromatic heterocycles. The van der Waals surface area contributed by atoms with Crippen LogP contribution in [0, 0.1) is 6.92 Å². The van der Waals surface area contributed by atoms with Crippen LogP contribution < -0.4 is 5.73 Å². The Morgan fingerprint density at radius 1 is 1.46 bits per heavy atom. The Morgan fingerprint density at radius 2 is 2.15 bits per heavy atom. The van der Waals surface area contributed by atoms with Crippen molar-refractivity contribution in [3.63, 3.8) is 0 Å². The second-order valence-corrected chi connectivity index (χ2v) is 3.18. The van der Waals surface area contributed by atoms with Crippen molar-refractivity contribution in [1.29, 1.82) is 0 Å². The molecule has 4 N–H and O–H groups in total. The summed E-state index contributed by atoms with van der Waals surface area (Å²) >= 11 is 0. The number of aliphatic hydroxyl groups excluding tert-OH is 1. The molecule has 0 amide bonds. The van der Waals surface area contributed by atoms with Crippen LogP contribution >= 0.6 is 0 Å². The van der Waals surface area contributed by atoms with E-state index >= 15 is 0 Å². The van der Waals surface area contributed by atoms with Gasteiger partial charge in [-0.25, -0.2) is 0 Å². The highest BCUT2D eigenvalue weighted by atomic mass is 16.3. The van der Waals surface area contributed by atoms with Gasteiger partial charge in [-0.3, -0.25) is 0 Å². The summed E-state index contributed by atoms with van der Waals surface area (Å²) in [5, 5.41) is 18.2. The maximum Gasteiger partial charge on any atom is 0.120 e. The summed E-state index contributed by atoms with van der Waals surface area (Å²) in [7, 11) is 0. The molecule has 13 heavy (non-hydrogen) atoms. The first-order valence-corrected chi connectivity index (χ1v) is 4.31. The average Bonchev–Trinajstić information content (AvgIpc) is 2.04. The first-order chi connectivity index (χ1) is 6.15. The monoisotopic (exact) mass is 181 g/mol. The Balaban J connectivity index is 2.88. The van der Waals surface area contributed by atoms with E-state index in [2.05, 4.69) is 0 Å². The van der Waals surface area contributed by atoms with Crippen LogP contribution in [0.1, 0.15) is 23.6 Å². The predicted octanol–water partition coefficient (Wildman–Crippen LogP) is 1.08. The molecule has 0 saturated heterocycles. The molecule has 3 nitrogen and oxygen atoms in total. The van der Waals surface area contributed by atoms with Gasteiger partial charge >= 0.3 is 0 Å². The summed E-state index contributed by atoms with van der Waals surface area (Å²) in [6.07, 6.45) is 0.469. The van der Waals surface area contributed by atoms with E-state index in [0.29, 0.717) is 12.0 Å². The van der Waals surface area contributed by atoms with Crippen LogP contribution in [0.2, 0.25) is 0 Å². The molecule has 0 fully saturated rings. The third-order valence-corrected chi connectivity index (χ3v) is 2.03. The van der Waals surface area contributed by atoms with Crippen molar-refractivity contribution in [2.24, 2.45) is 5.73 Å². The van der Waals surface area contributed by atoms with E-state index in [1.54, 1.807) is 12.1 Å². The zero-order valence-corrected chi connectivity index (χ0v) is 7.70. The standard InChI is InChI=1S/C10H15NO2/c1-7-2-3-8(10(13)6-7)9(11)4-5-12/h2-3,6,9,12-13H,4-5,11H2,1H3/t9-/m1/s1. The van der Waals surface area contributed by atoms with Gasteiger partial charge in [-0.05, 0) is 25.0 Å². The van der Waals surface area contributed by atoms with E-state index in [0.717, 1.165) is 5.56 Å². The average molecular weight is 181 g/mol. The van der Waals surface area contributed by atoms with Crippen molar-refractivity contribution in [3.05, 3.63) is 29.3 Å². The highest BCUT2D eigenvalue weighted by Gasteiger charge is 2.09. The number of aromatic hydroxyl groups is 1. The molecule has 72 valence electrons. The van der Waals surface area contributed by atoms with E-state index in [1.165, 1.54) is 0 Å². The van der Waals surface area contributed by atoms with Gasteiger partial charge in [0.25, 0.3) is 0 Å². The van der Waals surface area contributed by atoms with Crippen LogP contribution in [0.3, 0.4) is 0 Å². The minimum atomic E-state index is -0.286. The molecule has 0 spiro atoms. The Hall–Kier alpha value is -1.06. The maximum absolute atomic E-state index is 9.53. The molecule has 1 rings (SSSR count). The molecule has 0 radical (unpaired) electrons. The largest absolute Gasteiger partial charge is 0.508 e. The van der Waals surface area contributed by atoms with E-state index in [-0.39, 0.29) is 18.4 Å². The van der Waals surface area contributed by atoms with Crippen molar-refractivity contribution in [2.45, 2.75) is 19.4 Å². The smallest absolute Gasteiger partial charge is 0.120 e. The lowest BCUT2D eigenvalue weighted by Crippen LogP contribution is -2.12. The van der Waals surface area contributed by atoms with E-state index < -0.39 is 0 Å². The van der Waals surface area contributed by atoms with Gasteiger partial charge in [-0.2, -0.15) is 0 Å². The van der Waals surface area contributed by atoms with E-state index in [1.807, 2.05) is 13.0 Å². The molecule has 0 aliphatic rings. The van der Waals surface area contributed by atoms with Crippen molar-refractivity contribution >= 4 is 0 Å². The number of aliphatic hydroxyl groups is 1. The number of rotatable bonds is 3. The molecule has 0 saturated carbocycles. The normalized spacial score (nSPS) is 12.8. The van der Waals surface area contributed by atoms with Gasteiger partial charge in [-0.1, -0.05) is 12.1 Å². The minimum absolute atomic E-state index is 0.0362. The van der Waals surface area contributed by atoms with Gasteiger partial charge in [0.05, 0.1) is 0 Å². The molecular weight excluding hydrogens is 166 g/mol. The van der Waals surface area contributed by atoms with E-state index in [9.17, 15) is 5.11 Å². The highest BCUT2D eigenvalue weighted by Crippen LogP contribution is 2.25. The van der Waals surface area contributed by atoms with Crippen LogP contribution in [-0.4, -0.2) is 16.8 Å². The highest BCUT2D eigenvalue weighted by molar-refractivity contribution is 5.37. The Bertz CT molecular complexity index is 286. The fraction of sp³-hybridized carbons (Fsp3) is 0.400. The van der Waals surface area contributed by atoms with Gasteiger partial charge in [-0.15, -0.1) is 0 Å². The molecule has 3 heteroatoms. The summed E-state index contributed by atoms with van der Waals surface area (Å²) in [5.41, 5.74) is 7.43.